The van der Waals surface area contributed by atoms with E-state index in [9.17, 15) is 4.39 Å². The van der Waals surface area contributed by atoms with Crippen LogP contribution in [0.2, 0.25) is 0 Å². The van der Waals surface area contributed by atoms with Crippen LogP contribution in [0.15, 0.2) is 34.7 Å². The Morgan fingerprint density at radius 1 is 1.20 bits per heavy atom. The topological polar surface area (TPSA) is 25.2 Å². The smallest absolute Gasteiger partial charge is 0.123 e. The minimum atomic E-state index is -0.177. The Morgan fingerprint density at radius 3 is 2.55 bits per heavy atom. The summed E-state index contributed by atoms with van der Waals surface area (Å²) < 4.78 is 18.7. The predicted octanol–water partition coefficient (Wildman–Crippen LogP) is 4.32. The summed E-state index contributed by atoms with van der Waals surface area (Å²) in [6, 6.07) is 9.33. The number of hydrogen-bond acceptors (Lipinski definition) is 2. The Balaban J connectivity index is 1.97. The van der Waals surface area contributed by atoms with Crippen molar-refractivity contribution in [2.24, 2.45) is 0 Å². The van der Waals surface area contributed by atoms with Crippen LogP contribution in [-0.2, 0) is 6.42 Å². The van der Waals surface area contributed by atoms with Crippen LogP contribution < -0.4 is 5.32 Å². The maximum atomic E-state index is 13.2. The van der Waals surface area contributed by atoms with Gasteiger partial charge in [-0.15, -0.1) is 0 Å². The normalized spacial score (nSPS) is 14.2. The molecule has 2 nitrogen and oxygen atoms in total. The van der Waals surface area contributed by atoms with Gasteiger partial charge in [0.05, 0.1) is 0 Å². The molecule has 2 unspecified atom stereocenters. The highest BCUT2D eigenvalue weighted by Gasteiger charge is 2.15. The monoisotopic (exact) mass is 275 g/mol. The molecule has 0 radical (unpaired) electrons. The molecule has 108 valence electrons. The van der Waals surface area contributed by atoms with Crippen LogP contribution in [0.25, 0.3) is 0 Å². The van der Waals surface area contributed by atoms with Gasteiger partial charge in [-0.3, -0.25) is 0 Å². The molecule has 1 heterocycles. The third-order valence-electron chi connectivity index (χ3n) is 3.51. The van der Waals surface area contributed by atoms with Crippen molar-refractivity contribution in [2.45, 2.75) is 46.2 Å². The molecule has 0 saturated carbocycles. The van der Waals surface area contributed by atoms with Gasteiger partial charge in [0.15, 0.2) is 0 Å². The van der Waals surface area contributed by atoms with Gasteiger partial charge >= 0.3 is 0 Å². The highest BCUT2D eigenvalue weighted by atomic mass is 19.1. The molecule has 0 spiro atoms. The van der Waals surface area contributed by atoms with Gasteiger partial charge in [0.2, 0.25) is 0 Å². The van der Waals surface area contributed by atoms with Crippen LogP contribution in [0.4, 0.5) is 4.39 Å². The summed E-state index contributed by atoms with van der Waals surface area (Å²) in [6.45, 7) is 8.18. The quantitative estimate of drug-likeness (QED) is 0.879. The largest absolute Gasteiger partial charge is 0.466 e. The SMILES string of the molecule is Cc1cc(C(C)NC(C)Cc2cccc(F)c2)c(C)o1. The van der Waals surface area contributed by atoms with Crippen molar-refractivity contribution in [3.05, 3.63) is 58.8 Å². The summed E-state index contributed by atoms with van der Waals surface area (Å²) in [7, 11) is 0. The van der Waals surface area contributed by atoms with Crippen LogP contribution in [0.5, 0.6) is 0 Å². The Morgan fingerprint density at radius 2 is 1.95 bits per heavy atom. The van der Waals surface area contributed by atoms with Crippen molar-refractivity contribution in [2.75, 3.05) is 0 Å². The first-order valence-electron chi connectivity index (χ1n) is 7.03. The summed E-state index contributed by atoms with van der Waals surface area (Å²) >= 11 is 0. The fourth-order valence-electron chi connectivity index (χ4n) is 2.67. The van der Waals surface area contributed by atoms with Gasteiger partial charge in [-0.05, 0) is 57.9 Å². The van der Waals surface area contributed by atoms with Crippen molar-refractivity contribution < 1.29 is 8.81 Å². The van der Waals surface area contributed by atoms with E-state index in [1.165, 1.54) is 11.6 Å². The Kier molecular flexibility index (Phi) is 4.61. The standard InChI is InChI=1S/C17H22FNO/c1-11(8-15-6-5-7-16(18)10-15)19-13(3)17-9-12(2)20-14(17)4/h5-7,9-11,13,19H,8H2,1-4H3. The first-order chi connectivity index (χ1) is 9.45. The second kappa shape index (κ2) is 6.23. The van der Waals surface area contributed by atoms with Crippen LogP contribution >= 0.6 is 0 Å². The number of nitrogens with one attached hydrogen (secondary N) is 1. The van der Waals surface area contributed by atoms with Crippen LogP contribution in [-0.4, -0.2) is 6.04 Å². The molecule has 0 aliphatic carbocycles. The number of rotatable bonds is 5. The lowest BCUT2D eigenvalue weighted by molar-refractivity contribution is 0.459. The molecule has 0 aliphatic heterocycles. The zero-order valence-electron chi connectivity index (χ0n) is 12.5. The number of hydrogen-bond donors (Lipinski definition) is 1. The molecule has 0 aliphatic rings. The summed E-state index contributed by atoms with van der Waals surface area (Å²) in [6.07, 6.45) is 0.804. The highest BCUT2D eigenvalue weighted by molar-refractivity contribution is 5.24. The van der Waals surface area contributed by atoms with Gasteiger partial charge in [0.1, 0.15) is 17.3 Å². The van der Waals surface area contributed by atoms with E-state index in [4.69, 9.17) is 4.42 Å². The highest BCUT2D eigenvalue weighted by Crippen LogP contribution is 2.22. The molecule has 20 heavy (non-hydrogen) atoms. The second-order valence-corrected chi connectivity index (χ2v) is 5.49. The van der Waals surface area contributed by atoms with E-state index in [-0.39, 0.29) is 17.9 Å². The van der Waals surface area contributed by atoms with Crippen molar-refractivity contribution in [1.82, 2.24) is 5.32 Å². The number of halogens is 1. The molecule has 1 aromatic heterocycles. The van der Waals surface area contributed by atoms with E-state index in [1.54, 1.807) is 12.1 Å². The van der Waals surface area contributed by atoms with E-state index in [2.05, 4.69) is 25.2 Å². The fraction of sp³-hybridized carbons (Fsp3) is 0.412. The number of furan rings is 1. The fourth-order valence-corrected chi connectivity index (χ4v) is 2.67. The molecule has 0 saturated heterocycles. The van der Waals surface area contributed by atoms with Gasteiger partial charge in [-0.1, -0.05) is 12.1 Å². The van der Waals surface area contributed by atoms with E-state index in [0.717, 1.165) is 23.5 Å². The van der Waals surface area contributed by atoms with Gasteiger partial charge in [-0.25, -0.2) is 4.39 Å². The zero-order valence-corrected chi connectivity index (χ0v) is 12.5. The minimum Gasteiger partial charge on any atom is -0.466 e. The lowest BCUT2D eigenvalue weighted by atomic mass is 10.0. The molecule has 0 bridgehead atoms. The van der Waals surface area contributed by atoms with Crippen LogP contribution in [0.1, 0.15) is 42.5 Å². The molecule has 2 aromatic rings. The summed E-state index contributed by atoms with van der Waals surface area (Å²) in [5, 5.41) is 3.54. The Bertz CT molecular complexity index is 576. The maximum Gasteiger partial charge on any atom is 0.123 e. The third-order valence-corrected chi connectivity index (χ3v) is 3.51. The van der Waals surface area contributed by atoms with Crippen molar-refractivity contribution in [3.8, 4) is 0 Å². The summed E-state index contributed by atoms with van der Waals surface area (Å²) in [5.41, 5.74) is 2.20. The molecule has 2 atom stereocenters. The summed E-state index contributed by atoms with van der Waals surface area (Å²) in [4.78, 5) is 0. The average molecular weight is 275 g/mol. The lowest BCUT2D eigenvalue weighted by Gasteiger charge is -2.20. The zero-order chi connectivity index (χ0) is 14.7. The molecule has 3 heteroatoms. The first-order valence-corrected chi connectivity index (χ1v) is 7.03. The van der Waals surface area contributed by atoms with E-state index >= 15 is 0 Å². The van der Waals surface area contributed by atoms with Crippen molar-refractivity contribution >= 4 is 0 Å². The van der Waals surface area contributed by atoms with Gasteiger partial charge in [0.25, 0.3) is 0 Å². The molecular weight excluding hydrogens is 253 g/mol. The molecule has 0 fully saturated rings. The van der Waals surface area contributed by atoms with Crippen molar-refractivity contribution in [1.29, 1.82) is 0 Å². The van der Waals surface area contributed by atoms with Gasteiger partial charge < -0.3 is 9.73 Å². The number of aryl methyl sites for hydroxylation is 2. The van der Waals surface area contributed by atoms with E-state index < -0.39 is 0 Å². The predicted molar refractivity (Wildman–Crippen MR) is 79.3 cm³/mol. The second-order valence-electron chi connectivity index (χ2n) is 5.49. The van der Waals surface area contributed by atoms with Crippen molar-refractivity contribution in [3.63, 3.8) is 0 Å². The Labute approximate surface area is 120 Å². The molecule has 2 rings (SSSR count). The molecule has 0 amide bonds. The van der Waals surface area contributed by atoms with Crippen LogP contribution in [0.3, 0.4) is 0 Å². The third kappa shape index (κ3) is 3.70. The number of benzene rings is 1. The average Bonchev–Trinajstić information content (AvgIpc) is 2.68. The lowest BCUT2D eigenvalue weighted by Crippen LogP contribution is -2.30. The van der Waals surface area contributed by atoms with Crippen LogP contribution in [0, 0.1) is 19.7 Å². The molecular formula is C17H22FNO. The Hall–Kier alpha value is -1.61. The van der Waals surface area contributed by atoms with Gasteiger partial charge in [0, 0.05) is 17.6 Å². The minimum absolute atomic E-state index is 0.177. The van der Waals surface area contributed by atoms with E-state index in [0.29, 0.717) is 0 Å². The summed E-state index contributed by atoms with van der Waals surface area (Å²) in [5.74, 6) is 1.72. The molecule has 1 aromatic carbocycles. The first kappa shape index (κ1) is 14.8. The maximum absolute atomic E-state index is 13.2. The molecule has 1 N–H and O–H groups in total. The van der Waals surface area contributed by atoms with E-state index in [1.807, 2.05) is 19.9 Å². The van der Waals surface area contributed by atoms with Gasteiger partial charge in [-0.2, -0.15) is 0 Å².